The second-order valence-corrected chi connectivity index (χ2v) is 7.19. The zero-order valence-electron chi connectivity index (χ0n) is 12.0. The van der Waals surface area contributed by atoms with E-state index in [4.69, 9.17) is 16.1 Å². The molecule has 0 bridgehead atoms. The van der Waals surface area contributed by atoms with Gasteiger partial charge in [0.15, 0.2) is 0 Å². The van der Waals surface area contributed by atoms with Gasteiger partial charge >= 0.3 is 0 Å². The Morgan fingerprint density at radius 3 is 2.73 bits per heavy atom. The maximum Gasteiger partial charge on any atom is 0.231 e. The minimum atomic E-state index is -3.50. The predicted octanol–water partition coefficient (Wildman–Crippen LogP) is 2.51. The van der Waals surface area contributed by atoms with Crippen LogP contribution in [0.2, 0.25) is 0 Å². The van der Waals surface area contributed by atoms with E-state index in [-0.39, 0.29) is 23.2 Å². The fourth-order valence-corrected chi connectivity index (χ4v) is 3.19. The molecule has 2 rings (SSSR count). The Hall–Kier alpha value is -1.70. The summed E-state index contributed by atoms with van der Waals surface area (Å²) in [7, 11) is -3.50. The van der Waals surface area contributed by atoms with Crippen LogP contribution >= 0.6 is 11.6 Å². The summed E-state index contributed by atoms with van der Waals surface area (Å²) in [6.07, 6.45) is 0. The summed E-state index contributed by atoms with van der Waals surface area (Å²) in [5, 5.41) is 3.96. The third-order valence-electron chi connectivity index (χ3n) is 2.85. The van der Waals surface area contributed by atoms with E-state index in [9.17, 15) is 8.42 Å². The third kappa shape index (κ3) is 4.66. The lowest BCUT2D eigenvalue weighted by atomic mass is 10.2. The molecule has 0 fully saturated rings. The topological polar surface area (TPSA) is 85.1 Å². The van der Waals surface area contributed by atoms with Gasteiger partial charge in [0, 0.05) is 23.1 Å². The molecule has 0 aliphatic heterocycles. The van der Waals surface area contributed by atoms with Gasteiger partial charge < -0.3 is 4.52 Å². The fraction of sp³-hybridized carbons (Fsp3) is 0.286. The maximum atomic E-state index is 11.7. The lowest BCUT2D eigenvalue weighted by Crippen LogP contribution is -2.30. The summed E-state index contributed by atoms with van der Waals surface area (Å²) in [5.74, 6) is 0.259. The van der Waals surface area contributed by atoms with Crippen LogP contribution in [0.3, 0.4) is 0 Å². The summed E-state index contributed by atoms with van der Waals surface area (Å²) in [4.78, 5) is 4.29. The lowest BCUT2D eigenvalue weighted by molar-refractivity contribution is 0.359. The Bertz CT molecular complexity index is 744. The van der Waals surface area contributed by atoms with Gasteiger partial charge in [0.1, 0.15) is 0 Å². The van der Waals surface area contributed by atoms with Gasteiger partial charge in [-0.1, -0.05) is 60.6 Å². The van der Waals surface area contributed by atoms with Crippen LogP contribution in [0.25, 0.3) is 11.4 Å². The second kappa shape index (κ2) is 7.04. The highest BCUT2D eigenvalue weighted by Gasteiger charge is 2.18. The minimum Gasteiger partial charge on any atom is -0.339 e. The average molecular weight is 342 g/mol. The third-order valence-corrected chi connectivity index (χ3v) is 4.48. The Morgan fingerprint density at radius 1 is 1.41 bits per heavy atom. The molecule has 1 N–H and O–H groups in total. The van der Waals surface area contributed by atoms with Crippen LogP contribution in [0.5, 0.6) is 0 Å². The normalized spacial score (nSPS) is 13.0. The SMILES string of the molecule is C=C(Cl)CS(=O)(=O)NC[C@@H](C)c1nc(-c2ccccc2)no1. The molecular weight excluding hydrogens is 326 g/mol. The molecule has 6 nitrogen and oxygen atoms in total. The van der Waals surface area contributed by atoms with Crippen molar-refractivity contribution in [1.82, 2.24) is 14.9 Å². The number of halogens is 1. The van der Waals surface area contributed by atoms with E-state index >= 15 is 0 Å². The minimum absolute atomic E-state index is 0.0595. The van der Waals surface area contributed by atoms with Crippen LogP contribution in [0, 0.1) is 0 Å². The van der Waals surface area contributed by atoms with Crippen LogP contribution in [-0.4, -0.2) is 30.9 Å². The molecule has 2 aromatic rings. The van der Waals surface area contributed by atoms with Gasteiger partial charge in [-0.15, -0.1) is 0 Å². The van der Waals surface area contributed by atoms with Gasteiger partial charge in [-0.2, -0.15) is 4.98 Å². The first-order valence-electron chi connectivity index (χ1n) is 6.57. The van der Waals surface area contributed by atoms with Crippen molar-refractivity contribution in [3.05, 3.63) is 47.8 Å². The monoisotopic (exact) mass is 341 g/mol. The highest BCUT2D eigenvalue weighted by molar-refractivity contribution is 7.89. The Balaban J connectivity index is 2.01. The molecule has 0 unspecified atom stereocenters. The average Bonchev–Trinajstić information content (AvgIpc) is 2.94. The summed E-state index contributed by atoms with van der Waals surface area (Å²) >= 11 is 5.51. The molecule has 1 aromatic heterocycles. The molecule has 0 saturated heterocycles. The summed E-state index contributed by atoms with van der Waals surface area (Å²) < 4.78 is 31.0. The van der Waals surface area contributed by atoms with E-state index in [1.54, 1.807) is 6.92 Å². The standard InChI is InChI=1S/C14H16ClN3O3S/c1-10(8-16-22(19,20)9-11(2)15)14-17-13(18-21-14)12-6-4-3-5-7-12/h3-7,10,16H,2,8-9H2,1H3/t10-/m1/s1. The van der Waals surface area contributed by atoms with Crippen LogP contribution in [0.15, 0.2) is 46.5 Å². The van der Waals surface area contributed by atoms with Crippen LogP contribution < -0.4 is 4.72 Å². The van der Waals surface area contributed by atoms with Crippen LogP contribution in [-0.2, 0) is 10.0 Å². The molecule has 22 heavy (non-hydrogen) atoms. The lowest BCUT2D eigenvalue weighted by Gasteiger charge is -2.08. The van der Waals surface area contributed by atoms with E-state index in [0.717, 1.165) is 5.56 Å². The molecule has 1 aromatic carbocycles. The van der Waals surface area contributed by atoms with Crippen molar-refractivity contribution in [2.45, 2.75) is 12.8 Å². The molecule has 0 amide bonds. The zero-order chi connectivity index (χ0) is 16.2. The number of aromatic nitrogens is 2. The van der Waals surface area contributed by atoms with Gasteiger partial charge in [-0.05, 0) is 0 Å². The fourth-order valence-electron chi connectivity index (χ4n) is 1.74. The quantitative estimate of drug-likeness (QED) is 0.836. The van der Waals surface area contributed by atoms with E-state index in [1.165, 1.54) is 0 Å². The van der Waals surface area contributed by atoms with Crippen molar-refractivity contribution in [2.24, 2.45) is 0 Å². The summed E-state index contributed by atoms with van der Waals surface area (Å²) in [5.41, 5.74) is 0.837. The molecule has 0 saturated carbocycles. The molecule has 118 valence electrons. The second-order valence-electron chi connectivity index (χ2n) is 4.85. The van der Waals surface area contributed by atoms with Crippen LogP contribution in [0.1, 0.15) is 18.7 Å². The summed E-state index contributed by atoms with van der Waals surface area (Å²) in [6.45, 7) is 5.30. The van der Waals surface area contributed by atoms with Gasteiger partial charge in [-0.3, -0.25) is 0 Å². The van der Waals surface area contributed by atoms with Crippen molar-refractivity contribution >= 4 is 21.6 Å². The van der Waals surface area contributed by atoms with Crippen molar-refractivity contribution < 1.29 is 12.9 Å². The van der Waals surface area contributed by atoms with E-state index < -0.39 is 10.0 Å². The molecule has 1 atom stereocenters. The van der Waals surface area contributed by atoms with Gasteiger partial charge in [0.25, 0.3) is 0 Å². The van der Waals surface area contributed by atoms with E-state index in [0.29, 0.717) is 11.7 Å². The molecule has 0 aliphatic rings. The Kier molecular flexibility index (Phi) is 5.33. The first-order valence-corrected chi connectivity index (χ1v) is 8.60. The van der Waals surface area contributed by atoms with Crippen molar-refractivity contribution in [2.75, 3.05) is 12.3 Å². The molecule has 0 radical (unpaired) electrons. The number of hydrogen-bond donors (Lipinski definition) is 1. The summed E-state index contributed by atoms with van der Waals surface area (Å²) in [6, 6.07) is 9.39. The number of sulfonamides is 1. The van der Waals surface area contributed by atoms with Crippen molar-refractivity contribution in [1.29, 1.82) is 0 Å². The Morgan fingerprint density at radius 2 is 2.09 bits per heavy atom. The number of nitrogens with one attached hydrogen (secondary N) is 1. The smallest absolute Gasteiger partial charge is 0.231 e. The predicted molar refractivity (Wildman–Crippen MR) is 84.9 cm³/mol. The zero-order valence-corrected chi connectivity index (χ0v) is 13.6. The number of benzene rings is 1. The largest absolute Gasteiger partial charge is 0.339 e. The number of hydrogen-bond acceptors (Lipinski definition) is 5. The molecular formula is C14H16ClN3O3S. The van der Waals surface area contributed by atoms with Crippen molar-refractivity contribution in [3.8, 4) is 11.4 Å². The molecule has 0 spiro atoms. The van der Waals surface area contributed by atoms with E-state index in [2.05, 4.69) is 21.4 Å². The first-order chi connectivity index (χ1) is 10.4. The Labute approximate surface area is 134 Å². The van der Waals surface area contributed by atoms with Crippen LogP contribution in [0.4, 0.5) is 0 Å². The molecule has 0 aliphatic carbocycles. The van der Waals surface area contributed by atoms with Gasteiger partial charge in [0.05, 0.1) is 5.75 Å². The molecule has 8 heteroatoms. The number of rotatable bonds is 7. The highest BCUT2D eigenvalue weighted by atomic mass is 35.5. The van der Waals surface area contributed by atoms with Gasteiger partial charge in [0.2, 0.25) is 21.7 Å². The van der Waals surface area contributed by atoms with Crippen molar-refractivity contribution in [3.63, 3.8) is 0 Å². The first kappa shape index (κ1) is 16.7. The maximum absolute atomic E-state index is 11.7. The van der Waals surface area contributed by atoms with Gasteiger partial charge in [-0.25, -0.2) is 13.1 Å². The van der Waals surface area contributed by atoms with E-state index in [1.807, 2.05) is 30.3 Å². The molecule has 1 heterocycles. The highest BCUT2D eigenvalue weighted by Crippen LogP contribution is 2.19. The number of nitrogens with zero attached hydrogens (tertiary/aromatic N) is 2.